The molecular weight excluding hydrogens is 333 g/mol. The van der Waals surface area contributed by atoms with E-state index in [9.17, 15) is 27.9 Å². The molecule has 134 valence electrons. The zero-order valence-electron chi connectivity index (χ0n) is 13.2. The lowest BCUT2D eigenvalue weighted by molar-refractivity contribution is -0.277. The lowest BCUT2D eigenvalue weighted by Gasteiger charge is -2.33. The highest BCUT2D eigenvalue weighted by atomic mass is 19.4. The normalized spacial score (nSPS) is 16.6. The molecule has 1 rings (SSSR count). The predicted molar refractivity (Wildman–Crippen MR) is 74.8 cm³/mol. The first kappa shape index (κ1) is 19.9. The van der Waals surface area contributed by atoms with E-state index in [4.69, 9.17) is 0 Å². The van der Waals surface area contributed by atoms with Gasteiger partial charge in [-0.25, -0.2) is 9.59 Å². The predicted octanol–water partition coefficient (Wildman–Crippen LogP) is 1.56. The van der Waals surface area contributed by atoms with Crippen LogP contribution in [-0.2, 0) is 29.4 Å². The molecule has 9 heteroatoms. The van der Waals surface area contributed by atoms with Gasteiger partial charge >= 0.3 is 18.1 Å². The fourth-order valence-electron chi connectivity index (χ4n) is 1.97. The van der Waals surface area contributed by atoms with Crippen LogP contribution in [0.15, 0.2) is 30.3 Å². The molecule has 0 fully saturated rings. The molecule has 2 atom stereocenters. The van der Waals surface area contributed by atoms with E-state index in [1.807, 2.05) is 0 Å². The third kappa shape index (κ3) is 3.68. The minimum atomic E-state index is -5.14. The average molecular weight is 350 g/mol. The summed E-state index contributed by atoms with van der Waals surface area (Å²) in [6.07, 6.45) is -5.14. The number of esters is 2. The number of hydrogen-bond acceptors (Lipinski definition) is 6. The smallest absolute Gasteiger partial charge is 0.432 e. The second-order valence-corrected chi connectivity index (χ2v) is 5.09. The Morgan fingerprint density at radius 3 is 2.04 bits per heavy atom. The molecule has 0 aliphatic heterocycles. The lowest BCUT2D eigenvalue weighted by Crippen LogP contribution is -2.53. The minimum Gasteiger partial charge on any atom is -0.467 e. The highest BCUT2D eigenvalue weighted by molar-refractivity contribution is 5.84. The summed E-state index contributed by atoms with van der Waals surface area (Å²) >= 11 is 0. The van der Waals surface area contributed by atoms with E-state index < -0.39 is 41.5 Å². The van der Waals surface area contributed by atoms with Crippen molar-refractivity contribution in [2.45, 2.75) is 24.3 Å². The van der Waals surface area contributed by atoms with Crippen molar-refractivity contribution in [3.63, 3.8) is 0 Å². The van der Waals surface area contributed by atoms with Crippen molar-refractivity contribution >= 4 is 11.9 Å². The summed E-state index contributed by atoms with van der Waals surface area (Å²) in [7, 11) is 1.68. The zero-order valence-corrected chi connectivity index (χ0v) is 13.2. The molecule has 0 aromatic heterocycles. The second kappa shape index (κ2) is 7.18. The molecular formula is C15H17F3O6. The summed E-state index contributed by atoms with van der Waals surface area (Å²) in [6.45, 7) is -0.0940. The van der Waals surface area contributed by atoms with Crippen molar-refractivity contribution in [2.24, 2.45) is 0 Å². The SMILES string of the molecule is COC(=O)[C@@](C)(O)COC(=O)[C@@](OC)(c1ccccc1)C(F)(F)F. The van der Waals surface area contributed by atoms with Gasteiger partial charge in [-0.2, -0.15) is 13.2 Å². The Hall–Kier alpha value is -2.13. The molecule has 1 aromatic carbocycles. The summed E-state index contributed by atoms with van der Waals surface area (Å²) in [5.74, 6) is -2.97. The van der Waals surface area contributed by atoms with E-state index in [0.29, 0.717) is 7.11 Å². The molecule has 0 saturated carbocycles. The number of aliphatic hydroxyl groups is 1. The van der Waals surface area contributed by atoms with Crippen molar-refractivity contribution in [3.8, 4) is 0 Å². The third-order valence-corrected chi connectivity index (χ3v) is 3.28. The molecule has 1 aromatic rings. The molecule has 0 spiro atoms. The first-order valence-corrected chi connectivity index (χ1v) is 6.68. The van der Waals surface area contributed by atoms with Gasteiger partial charge in [-0.1, -0.05) is 30.3 Å². The van der Waals surface area contributed by atoms with Crippen LogP contribution in [0.5, 0.6) is 0 Å². The first-order chi connectivity index (χ1) is 11.0. The van der Waals surface area contributed by atoms with Gasteiger partial charge in [0.15, 0.2) is 5.60 Å². The Labute approximate surface area is 136 Å². The summed E-state index contributed by atoms with van der Waals surface area (Å²) in [5.41, 5.74) is -6.19. The lowest BCUT2D eigenvalue weighted by atomic mass is 9.92. The zero-order chi connectivity index (χ0) is 18.6. The van der Waals surface area contributed by atoms with Crippen LogP contribution >= 0.6 is 0 Å². The van der Waals surface area contributed by atoms with Crippen molar-refractivity contribution in [2.75, 3.05) is 20.8 Å². The van der Waals surface area contributed by atoms with Gasteiger partial charge in [0.1, 0.15) is 6.61 Å². The van der Waals surface area contributed by atoms with E-state index in [0.717, 1.165) is 26.2 Å². The molecule has 6 nitrogen and oxygen atoms in total. The van der Waals surface area contributed by atoms with Gasteiger partial charge in [0.25, 0.3) is 5.60 Å². The van der Waals surface area contributed by atoms with Crippen molar-refractivity contribution in [3.05, 3.63) is 35.9 Å². The Morgan fingerprint density at radius 2 is 1.62 bits per heavy atom. The summed E-state index contributed by atoms with van der Waals surface area (Å²) in [5, 5.41) is 9.77. The van der Waals surface area contributed by atoms with E-state index in [1.165, 1.54) is 18.2 Å². The van der Waals surface area contributed by atoms with Crippen molar-refractivity contribution < 1.29 is 42.1 Å². The Morgan fingerprint density at radius 1 is 1.08 bits per heavy atom. The molecule has 0 aliphatic rings. The van der Waals surface area contributed by atoms with Crippen LogP contribution < -0.4 is 0 Å². The molecule has 0 radical (unpaired) electrons. The van der Waals surface area contributed by atoms with Crippen LogP contribution in [-0.4, -0.2) is 49.6 Å². The van der Waals surface area contributed by atoms with Crippen LogP contribution in [0, 0.1) is 0 Å². The van der Waals surface area contributed by atoms with Gasteiger partial charge in [0, 0.05) is 12.7 Å². The maximum atomic E-state index is 13.6. The minimum absolute atomic E-state index is 0.497. The number of alkyl halides is 3. The fraction of sp³-hybridized carbons (Fsp3) is 0.467. The summed E-state index contributed by atoms with van der Waals surface area (Å²) < 4.78 is 54.0. The van der Waals surface area contributed by atoms with E-state index in [-0.39, 0.29) is 0 Å². The van der Waals surface area contributed by atoms with Crippen molar-refractivity contribution in [1.29, 1.82) is 0 Å². The third-order valence-electron chi connectivity index (χ3n) is 3.28. The maximum absolute atomic E-state index is 13.6. The summed E-state index contributed by atoms with van der Waals surface area (Å²) in [4.78, 5) is 23.5. The molecule has 0 bridgehead atoms. The quantitative estimate of drug-likeness (QED) is 0.784. The molecule has 0 amide bonds. The number of carbonyl (C=O) groups excluding carboxylic acids is 2. The van der Waals surface area contributed by atoms with E-state index >= 15 is 0 Å². The van der Waals surface area contributed by atoms with Crippen molar-refractivity contribution in [1.82, 2.24) is 0 Å². The Balaban J connectivity index is 3.18. The standard InChI is InChI=1S/C15H17F3O6/c1-13(21,11(19)22-2)9-24-12(20)14(23-3,15(16,17)18)10-7-5-4-6-8-10/h4-8,21H,9H2,1-3H3/t13-,14-/m0/s1. The highest BCUT2D eigenvalue weighted by Gasteiger charge is 2.64. The van der Waals surface area contributed by atoms with Gasteiger partial charge in [-0.3, -0.25) is 0 Å². The van der Waals surface area contributed by atoms with E-state index in [1.54, 1.807) is 0 Å². The molecule has 0 heterocycles. The van der Waals surface area contributed by atoms with Gasteiger partial charge in [-0.15, -0.1) is 0 Å². The molecule has 1 N–H and O–H groups in total. The highest BCUT2D eigenvalue weighted by Crippen LogP contribution is 2.43. The molecule has 0 unspecified atom stereocenters. The van der Waals surface area contributed by atoms with Crippen LogP contribution in [0.25, 0.3) is 0 Å². The van der Waals surface area contributed by atoms with Gasteiger partial charge in [-0.05, 0) is 6.92 Å². The Kier molecular flexibility index (Phi) is 5.96. The van der Waals surface area contributed by atoms with Crippen LogP contribution in [0.4, 0.5) is 13.2 Å². The largest absolute Gasteiger partial charge is 0.467 e. The number of methoxy groups -OCH3 is 2. The Bertz CT molecular complexity index is 585. The fourth-order valence-corrected chi connectivity index (χ4v) is 1.97. The average Bonchev–Trinajstić information content (AvgIpc) is 2.53. The summed E-state index contributed by atoms with van der Waals surface area (Å²) in [6, 6.07) is 6.17. The van der Waals surface area contributed by atoms with Gasteiger partial charge in [0.05, 0.1) is 7.11 Å². The number of rotatable bonds is 6. The topological polar surface area (TPSA) is 82.1 Å². The molecule has 24 heavy (non-hydrogen) atoms. The van der Waals surface area contributed by atoms with Crippen LogP contribution in [0.3, 0.4) is 0 Å². The maximum Gasteiger partial charge on any atom is 0.432 e. The monoisotopic (exact) mass is 350 g/mol. The first-order valence-electron chi connectivity index (χ1n) is 6.68. The number of ether oxygens (including phenoxy) is 3. The van der Waals surface area contributed by atoms with Gasteiger partial charge < -0.3 is 19.3 Å². The van der Waals surface area contributed by atoms with Crippen LogP contribution in [0.1, 0.15) is 12.5 Å². The number of carbonyl (C=O) groups is 2. The molecule has 0 saturated heterocycles. The number of benzene rings is 1. The van der Waals surface area contributed by atoms with E-state index in [2.05, 4.69) is 14.2 Å². The number of hydrogen-bond donors (Lipinski definition) is 1. The molecule has 0 aliphatic carbocycles. The van der Waals surface area contributed by atoms with Gasteiger partial charge in [0.2, 0.25) is 0 Å². The van der Waals surface area contributed by atoms with Crippen LogP contribution in [0.2, 0.25) is 0 Å². The number of halogens is 3. The second-order valence-electron chi connectivity index (χ2n) is 5.09.